The predicted molar refractivity (Wildman–Crippen MR) is 63.7 cm³/mol. The van der Waals surface area contributed by atoms with E-state index in [4.69, 9.17) is 0 Å². The first-order chi connectivity index (χ1) is 8.63. The molecule has 7 heteroatoms. The molecule has 2 aromatic rings. The largest absolute Gasteiger partial charge is 0.468 e. The Balaban J connectivity index is 2.37. The fourth-order valence-electron chi connectivity index (χ4n) is 1.50. The number of aromatic nitrogens is 2. The van der Waals surface area contributed by atoms with Crippen molar-refractivity contribution in [2.24, 2.45) is 0 Å². The zero-order chi connectivity index (χ0) is 13.1. The standard InChI is InChI=1S/C11H10F2N2O2S/c1-17-9(16)6-18-11-14-7-4-2-3-5-8(7)15(11)10(12)13/h2-5,10H,6H2,1H3. The molecule has 0 aliphatic heterocycles. The van der Waals surface area contributed by atoms with Crippen molar-refractivity contribution in [1.82, 2.24) is 9.55 Å². The van der Waals surface area contributed by atoms with Gasteiger partial charge in [0.1, 0.15) is 0 Å². The number of para-hydroxylation sites is 2. The highest BCUT2D eigenvalue weighted by Crippen LogP contribution is 2.28. The summed E-state index contributed by atoms with van der Waals surface area (Å²) in [5.41, 5.74) is 0.824. The number of imidazole rings is 1. The lowest BCUT2D eigenvalue weighted by Crippen LogP contribution is -2.06. The number of benzene rings is 1. The molecular weight excluding hydrogens is 262 g/mol. The van der Waals surface area contributed by atoms with Gasteiger partial charge in [-0.1, -0.05) is 23.9 Å². The van der Waals surface area contributed by atoms with Gasteiger partial charge in [-0.25, -0.2) is 4.98 Å². The number of carbonyl (C=O) groups excluding carboxylic acids is 1. The summed E-state index contributed by atoms with van der Waals surface area (Å²) < 4.78 is 31.3. The normalized spacial score (nSPS) is 11.1. The van der Waals surface area contributed by atoms with Crippen LogP contribution in [0, 0.1) is 0 Å². The third kappa shape index (κ3) is 2.45. The van der Waals surface area contributed by atoms with Crippen molar-refractivity contribution in [3.63, 3.8) is 0 Å². The van der Waals surface area contributed by atoms with Crippen LogP contribution >= 0.6 is 11.8 Å². The minimum absolute atomic E-state index is 0.0491. The molecule has 0 saturated heterocycles. The summed E-state index contributed by atoms with van der Waals surface area (Å²) in [6.07, 6.45) is 0. The quantitative estimate of drug-likeness (QED) is 0.634. The van der Waals surface area contributed by atoms with Crippen molar-refractivity contribution in [2.45, 2.75) is 11.7 Å². The molecule has 4 nitrogen and oxygen atoms in total. The Morgan fingerprint density at radius 1 is 1.50 bits per heavy atom. The highest BCUT2D eigenvalue weighted by atomic mass is 32.2. The van der Waals surface area contributed by atoms with Gasteiger partial charge in [-0.05, 0) is 12.1 Å². The number of ether oxygens (including phenoxy) is 1. The average Bonchev–Trinajstić information content (AvgIpc) is 2.74. The van der Waals surface area contributed by atoms with Crippen LogP contribution in [0.4, 0.5) is 8.78 Å². The number of hydrogen-bond donors (Lipinski definition) is 0. The Bertz CT molecular complexity index is 571. The summed E-state index contributed by atoms with van der Waals surface area (Å²) in [6, 6.07) is 6.60. The van der Waals surface area contributed by atoms with Gasteiger partial charge in [0.25, 0.3) is 0 Å². The van der Waals surface area contributed by atoms with Crippen LogP contribution in [-0.4, -0.2) is 28.4 Å². The Hall–Kier alpha value is -1.63. The number of carbonyl (C=O) groups is 1. The zero-order valence-electron chi connectivity index (χ0n) is 9.47. The second kappa shape index (κ2) is 5.34. The van der Waals surface area contributed by atoms with Gasteiger partial charge in [0, 0.05) is 0 Å². The van der Waals surface area contributed by atoms with Crippen molar-refractivity contribution in [2.75, 3.05) is 12.9 Å². The minimum Gasteiger partial charge on any atom is -0.468 e. The summed E-state index contributed by atoms with van der Waals surface area (Å²) in [5, 5.41) is 0.108. The molecule has 18 heavy (non-hydrogen) atoms. The lowest BCUT2D eigenvalue weighted by atomic mass is 10.3. The fourth-order valence-corrected chi connectivity index (χ4v) is 2.34. The van der Waals surface area contributed by atoms with Crippen LogP contribution in [0.1, 0.15) is 6.55 Å². The molecule has 2 rings (SSSR count). The Morgan fingerprint density at radius 3 is 2.89 bits per heavy atom. The number of fused-ring (bicyclic) bond motifs is 1. The van der Waals surface area contributed by atoms with Gasteiger partial charge in [-0.15, -0.1) is 0 Å². The van der Waals surface area contributed by atoms with Crippen molar-refractivity contribution < 1.29 is 18.3 Å². The number of thioether (sulfide) groups is 1. The first kappa shape index (κ1) is 12.8. The highest BCUT2D eigenvalue weighted by molar-refractivity contribution is 7.99. The molecule has 0 N–H and O–H groups in total. The molecule has 0 saturated carbocycles. The van der Waals surface area contributed by atoms with Crippen molar-refractivity contribution in [3.05, 3.63) is 24.3 Å². The van der Waals surface area contributed by atoms with Crippen molar-refractivity contribution >= 4 is 28.8 Å². The van der Waals surface area contributed by atoms with Crippen LogP contribution in [-0.2, 0) is 9.53 Å². The Morgan fingerprint density at radius 2 is 2.22 bits per heavy atom. The third-order valence-electron chi connectivity index (χ3n) is 2.31. The summed E-state index contributed by atoms with van der Waals surface area (Å²) in [5.74, 6) is -0.528. The Kier molecular flexibility index (Phi) is 3.81. The van der Waals surface area contributed by atoms with E-state index in [1.807, 2.05) is 0 Å². The minimum atomic E-state index is -2.70. The number of halogens is 2. The van der Waals surface area contributed by atoms with E-state index < -0.39 is 12.5 Å². The average molecular weight is 272 g/mol. The van der Waals surface area contributed by atoms with Crippen LogP contribution in [0.2, 0.25) is 0 Å². The molecule has 0 radical (unpaired) electrons. The first-order valence-electron chi connectivity index (χ1n) is 5.08. The van der Waals surface area contributed by atoms with Gasteiger partial charge in [-0.3, -0.25) is 9.36 Å². The van der Waals surface area contributed by atoms with E-state index in [0.717, 1.165) is 16.3 Å². The summed E-state index contributed by atoms with van der Waals surface area (Å²) in [6.45, 7) is -2.70. The topological polar surface area (TPSA) is 44.1 Å². The van der Waals surface area contributed by atoms with Gasteiger partial charge < -0.3 is 4.74 Å². The molecule has 0 amide bonds. The number of hydrogen-bond acceptors (Lipinski definition) is 4. The van der Waals surface area contributed by atoms with Crippen LogP contribution in [0.25, 0.3) is 11.0 Å². The van der Waals surface area contributed by atoms with E-state index in [9.17, 15) is 13.6 Å². The molecule has 0 spiro atoms. The molecular formula is C11H10F2N2O2S. The van der Waals surface area contributed by atoms with Gasteiger partial charge in [0.05, 0.1) is 23.9 Å². The maximum Gasteiger partial charge on any atom is 0.321 e. The molecule has 0 fully saturated rings. The lowest BCUT2D eigenvalue weighted by Gasteiger charge is -2.06. The van der Waals surface area contributed by atoms with E-state index in [1.165, 1.54) is 7.11 Å². The number of methoxy groups -OCH3 is 1. The van der Waals surface area contributed by atoms with Gasteiger partial charge in [0.2, 0.25) is 0 Å². The maximum absolute atomic E-state index is 13.0. The van der Waals surface area contributed by atoms with Gasteiger partial charge in [0.15, 0.2) is 5.16 Å². The van der Waals surface area contributed by atoms with Crippen LogP contribution in [0.5, 0.6) is 0 Å². The number of nitrogens with zero attached hydrogens (tertiary/aromatic N) is 2. The number of alkyl halides is 2. The van der Waals surface area contributed by atoms with Gasteiger partial charge >= 0.3 is 12.5 Å². The molecule has 0 unspecified atom stereocenters. The number of rotatable bonds is 4. The molecule has 0 atom stereocenters. The third-order valence-corrected chi connectivity index (χ3v) is 3.23. The van der Waals surface area contributed by atoms with Crippen LogP contribution in [0.3, 0.4) is 0 Å². The molecule has 1 aromatic heterocycles. The zero-order valence-corrected chi connectivity index (χ0v) is 10.3. The summed E-state index contributed by atoms with van der Waals surface area (Å²) in [4.78, 5) is 15.1. The van der Waals surface area contributed by atoms with E-state index in [0.29, 0.717) is 11.0 Å². The summed E-state index contributed by atoms with van der Waals surface area (Å²) in [7, 11) is 1.25. The van der Waals surface area contributed by atoms with Crippen LogP contribution in [0.15, 0.2) is 29.4 Å². The SMILES string of the molecule is COC(=O)CSc1nc2ccccc2n1C(F)F. The smallest absolute Gasteiger partial charge is 0.321 e. The van der Waals surface area contributed by atoms with Crippen molar-refractivity contribution in [1.29, 1.82) is 0 Å². The van der Waals surface area contributed by atoms with E-state index in [-0.39, 0.29) is 10.9 Å². The summed E-state index contributed by atoms with van der Waals surface area (Å²) >= 11 is 0.931. The second-order valence-electron chi connectivity index (χ2n) is 3.40. The first-order valence-corrected chi connectivity index (χ1v) is 6.06. The highest BCUT2D eigenvalue weighted by Gasteiger charge is 2.18. The van der Waals surface area contributed by atoms with E-state index in [2.05, 4.69) is 9.72 Å². The molecule has 0 bridgehead atoms. The fraction of sp³-hybridized carbons (Fsp3) is 0.273. The predicted octanol–water partition coefficient (Wildman–Crippen LogP) is 2.70. The maximum atomic E-state index is 13.0. The monoisotopic (exact) mass is 272 g/mol. The molecule has 1 aromatic carbocycles. The molecule has 0 aliphatic rings. The Labute approximate surface area is 106 Å². The second-order valence-corrected chi connectivity index (χ2v) is 4.34. The van der Waals surface area contributed by atoms with E-state index in [1.54, 1.807) is 24.3 Å². The lowest BCUT2D eigenvalue weighted by molar-refractivity contribution is -0.137. The van der Waals surface area contributed by atoms with Crippen molar-refractivity contribution in [3.8, 4) is 0 Å². The molecule has 0 aliphatic carbocycles. The molecule has 1 heterocycles. The van der Waals surface area contributed by atoms with Crippen LogP contribution < -0.4 is 0 Å². The number of esters is 1. The van der Waals surface area contributed by atoms with E-state index >= 15 is 0 Å². The molecule has 96 valence electrons. The van der Waals surface area contributed by atoms with Gasteiger partial charge in [-0.2, -0.15) is 8.78 Å².